The zero-order valence-corrected chi connectivity index (χ0v) is 10.8. The van der Waals surface area contributed by atoms with Crippen LogP contribution in [0.4, 0.5) is 0 Å². The fourth-order valence-electron chi connectivity index (χ4n) is 2.31. The molecule has 0 radical (unpaired) electrons. The number of phenolic OH excluding ortho intramolecular Hbond substituents is 2. The van der Waals surface area contributed by atoms with Crippen LogP contribution in [0.15, 0.2) is 12.1 Å². The molecule has 5 heteroatoms. The van der Waals surface area contributed by atoms with Gasteiger partial charge in [-0.2, -0.15) is 0 Å². The van der Waals surface area contributed by atoms with Gasteiger partial charge < -0.3 is 20.1 Å². The number of hydrogen-bond donors (Lipinski definition) is 3. The first-order valence-corrected chi connectivity index (χ1v) is 6.42. The van der Waals surface area contributed by atoms with Crippen LogP contribution in [0, 0.1) is 0 Å². The molecule has 5 nitrogen and oxygen atoms in total. The van der Waals surface area contributed by atoms with Crippen molar-refractivity contribution in [2.45, 2.75) is 44.8 Å². The van der Waals surface area contributed by atoms with Crippen molar-refractivity contribution in [2.75, 3.05) is 0 Å². The molecule has 1 aliphatic rings. The van der Waals surface area contributed by atoms with Crippen LogP contribution in [0.2, 0.25) is 0 Å². The third-order valence-electron chi connectivity index (χ3n) is 3.33. The van der Waals surface area contributed by atoms with Gasteiger partial charge in [0.1, 0.15) is 6.10 Å². The maximum atomic E-state index is 11.8. The molecule has 2 atom stereocenters. The van der Waals surface area contributed by atoms with Gasteiger partial charge in [-0.05, 0) is 38.3 Å². The van der Waals surface area contributed by atoms with Gasteiger partial charge in [-0.3, -0.25) is 0 Å². The number of aliphatic hydroxyl groups is 1. The highest BCUT2D eigenvalue weighted by atomic mass is 16.5. The maximum Gasteiger partial charge on any atom is 0.338 e. The number of hydrogen-bond acceptors (Lipinski definition) is 5. The number of aromatic hydroxyl groups is 2. The number of carbonyl (C=O) groups excluding carboxylic acids is 1. The molecule has 0 saturated heterocycles. The van der Waals surface area contributed by atoms with Crippen molar-refractivity contribution in [3.05, 3.63) is 23.3 Å². The topological polar surface area (TPSA) is 87.0 Å². The molecule has 0 saturated carbocycles. The number of ether oxygens (including phenoxy) is 1. The summed E-state index contributed by atoms with van der Waals surface area (Å²) in [6, 6.07) is 2.74. The number of fused-ring (bicyclic) bond motifs is 1. The van der Waals surface area contributed by atoms with Crippen molar-refractivity contribution >= 4 is 5.97 Å². The Balaban J connectivity index is 2.10. The fraction of sp³-hybridized carbons (Fsp3) is 0.500. The van der Waals surface area contributed by atoms with Gasteiger partial charge in [0, 0.05) is 12.0 Å². The first-order valence-electron chi connectivity index (χ1n) is 6.42. The summed E-state index contributed by atoms with van der Waals surface area (Å²) < 4.78 is 5.28. The molecule has 0 aromatic heterocycles. The highest BCUT2D eigenvalue weighted by Crippen LogP contribution is 2.36. The van der Waals surface area contributed by atoms with Crippen LogP contribution in [0.1, 0.15) is 42.1 Å². The molecule has 0 bridgehead atoms. The molecule has 1 heterocycles. The van der Waals surface area contributed by atoms with E-state index in [0.717, 1.165) is 6.42 Å². The van der Waals surface area contributed by atoms with Crippen molar-refractivity contribution in [1.29, 1.82) is 0 Å². The van der Waals surface area contributed by atoms with E-state index in [0.29, 0.717) is 30.4 Å². The number of carbonyl (C=O) groups is 1. The molecule has 1 aromatic rings. The maximum absolute atomic E-state index is 11.8. The van der Waals surface area contributed by atoms with Gasteiger partial charge in [0.25, 0.3) is 0 Å². The predicted molar refractivity (Wildman–Crippen MR) is 68.2 cm³/mol. The third-order valence-corrected chi connectivity index (χ3v) is 3.33. The minimum Gasteiger partial charge on any atom is -0.504 e. The number of aliphatic hydroxyl groups excluding tert-OH is 1. The van der Waals surface area contributed by atoms with Crippen molar-refractivity contribution in [2.24, 2.45) is 0 Å². The average molecular weight is 266 g/mol. The molecule has 0 amide bonds. The van der Waals surface area contributed by atoms with E-state index >= 15 is 0 Å². The number of rotatable bonds is 4. The first kappa shape index (κ1) is 13.7. The number of phenols is 2. The largest absolute Gasteiger partial charge is 0.504 e. The van der Waals surface area contributed by atoms with Crippen molar-refractivity contribution in [3.63, 3.8) is 0 Å². The van der Waals surface area contributed by atoms with Crippen LogP contribution in [0.5, 0.6) is 11.5 Å². The molecular formula is C14H18O5. The Morgan fingerprint density at radius 3 is 2.84 bits per heavy atom. The van der Waals surface area contributed by atoms with Crippen LogP contribution in [0.3, 0.4) is 0 Å². The number of cyclic esters (lactones) is 1. The Bertz CT molecular complexity index is 481. The highest BCUT2D eigenvalue weighted by Gasteiger charge is 2.29. The smallest absolute Gasteiger partial charge is 0.338 e. The Morgan fingerprint density at radius 1 is 1.42 bits per heavy atom. The van der Waals surface area contributed by atoms with Gasteiger partial charge in [0.05, 0.1) is 11.7 Å². The second-order valence-electron chi connectivity index (χ2n) is 4.97. The molecule has 0 unspecified atom stereocenters. The second-order valence-corrected chi connectivity index (χ2v) is 4.97. The molecule has 1 aliphatic heterocycles. The van der Waals surface area contributed by atoms with E-state index in [1.165, 1.54) is 12.1 Å². The first-order chi connectivity index (χ1) is 8.99. The van der Waals surface area contributed by atoms with E-state index < -0.39 is 5.97 Å². The second kappa shape index (κ2) is 5.48. The summed E-state index contributed by atoms with van der Waals surface area (Å²) in [5.74, 6) is -0.940. The SMILES string of the molecule is C[C@H](O)CCC[C@@H]1Cc2c(ccc(O)c2O)C(=O)O1. The van der Waals surface area contributed by atoms with Gasteiger partial charge in [-0.15, -0.1) is 0 Å². The van der Waals surface area contributed by atoms with Crippen LogP contribution in [0.25, 0.3) is 0 Å². The van der Waals surface area contributed by atoms with Crippen molar-refractivity contribution in [3.8, 4) is 11.5 Å². The molecule has 19 heavy (non-hydrogen) atoms. The normalized spacial score (nSPS) is 19.7. The minimum absolute atomic E-state index is 0.226. The summed E-state index contributed by atoms with van der Waals surface area (Å²) in [5.41, 5.74) is 0.750. The van der Waals surface area contributed by atoms with Crippen molar-refractivity contribution < 1.29 is 24.9 Å². The van der Waals surface area contributed by atoms with Gasteiger partial charge in [-0.1, -0.05) is 0 Å². The lowest BCUT2D eigenvalue weighted by molar-refractivity contribution is 0.0221. The van der Waals surface area contributed by atoms with E-state index in [2.05, 4.69) is 0 Å². The van der Waals surface area contributed by atoms with Gasteiger partial charge in [-0.25, -0.2) is 4.79 Å². The lowest BCUT2D eigenvalue weighted by Crippen LogP contribution is -2.27. The molecule has 1 aromatic carbocycles. The van der Waals surface area contributed by atoms with Crippen molar-refractivity contribution in [1.82, 2.24) is 0 Å². The van der Waals surface area contributed by atoms with Crippen LogP contribution < -0.4 is 0 Å². The molecular weight excluding hydrogens is 248 g/mol. The molecule has 0 aliphatic carbocycles. The Hall–Kier alpha value is -1.75. The Labute approximate surface area is 111 Å². The van der Waals surface area contributed by atoms with Crippen LogP contribution in [-0.2, 0) is 11.2 Å². The Kier molecular flexibility index (Phi) is 3.95. The zero-order chi connectivity index (χ0) is 14.0. The summed E-state index contributed by atoms with van der Waals surface area (Å²) in [6.45, 7) is 1.71. The minimum atomic E-state index is -0.474. The summed E-state index contributed by atoms with van der Waals surface area (Å²) >= 11 is 0. The summed E-state index contributed by atoms with van der Waals surface area (Å²) in [5, 5.41) is 28.4. The lowest BCUT2D eigenvalue weighted by Gasteiger charge is -2.25. The average Bonchev–Trinajstić information content (AvgIpc) is 2.34. The van der Waals surface area contributed by atoms with E-state index in [-0.39, 0.29) is 23.7 Å². The number of esters is 1. The fourth-order valence-corrected chi connectivity index (χ4v) is 2.31. The van der Waals surface area contributed by atoms with E-state index in [1.54, 1.807) is 6.92 Å². The highest BCUT2D eigenvalue weighted by molar-refractivity contribution is 5.93. The zero-order valence-electron chi connectivity index (χ0n) is 10.8. The van der Waals surface area contributed by atoms with E-state index in [9.17, 15) is 20.1 Å². The lowest BCUT2D eigenvalue weighted by atomic mass is 9.94. The summed E-state index contributed by atoms with van der Waals surface area (Å²) in [4.78, 5) is 11.8. The van der Waals surface area contributed by atoms with Crippen LogP contribution >= 0.6 is 0 Å². The third kappa shape index (κ3) is 2.98. The molecule has 104 valence electrons. The van der Waals surface area contributed by atoms with Gasteiger partial charge >= 0.3 is 5.97 Å². The van der Waals surface area contributed by atoms with E-state index in [4.69, 9.17) is 4.74 Å². The monoisotopic (exact) mass is 266 g/mol. The Morgan fingerprint density at radius 2 is 2.16 bits per heavy atom. The van der Waals surface area contributed by atoms with Gasteiger partial charge in [0.2, 0.25) is 0 Å². The van der Waals surface area contributed by atoms with Crippen LogP contribution in [-0.4, -0.2) is 33.5 Å². The number of benzene rings is 1. The standard InChI is InChI=1S/C14H18O5/c1-8(15)3-2-4-9-7-11-10(14(18)19-9)5-6-12(16)13(11)17/h5-6,8-9,15-17H,2-4,7H2,1H3/t8-,9+/m0/s1. The quantitative estimate of drug-likeness (QED) is 0.570. The molecule has 3 N–H and O–H groups in total. The summed E-state index contributed by atoms with van der Waals surface area (Å²) in [7, 11) is 0. The molecule has 0 fully saturated rings. The van der Waals surface area contributed by atoms with Gasteiger partial charge in [0.15, 0.2) is 11.5 Å². The predicted octanol–water partition coefficient (Wildman–Crippen LogP) is 1.73. The molecule has 0 spiro atoms. The summed E-state index contributed by atoms with van der Waals surface area (Å²) in [6.07, 6.45) is 1.72. The molecule has 2 rings (SSSR count). The van der Waals surface area contributed by atoms with E-state index in [1.807, 2.05) is 0 Å².